The van der Waals surface area contributed by atoms with E-state index in [-0.39, 0.29) is 6.10 Å². The van der Waals surface area contributed by atoms with Crippen molar-refractivity contribution in [2.75, 3.05) is 19.7 Å². The molecular weight excluding hydrogens is 254 g/mol. The molecule has 1 atom stereocenters. The largest absolute Gasteiger partial charge is 0.367 e. The Hall–Kier alpha value is -1.43. The van der Waals surface area contributed by atoms with E-state index >= 15 is 0 Å². The number of ether oxygens (including phenoxy) is 1. The van der Waals surface area contributed by atoms with Crippen LogP contribution in [0, 0.1) is 0 Å². The van der Waals surface area contributed by atoms with Gasteiger partial charge in [-0.15, -0.1) is 0 Å². The first kappa shape index (κ1) is 11.6. The topological polar surface area (TPSA) is 60.2 Å². The molecule has 1 N–H and O–H groups in total. The Kier molecular flexibility index (Phi) is 3.27. The first-order valence-corrected chi connectivity index (χ1v) is 6.12. The molecule has 2 aromatic rings. The van der Waals surface area contributed by atoms with Crippen molar-refractivity contribution in [3.05, 3.63) is 35.1 Å². The third kappa shape index (κ3) is 2.38. The van der Waals surface area contributed by atoms with Gasteiger partial charge in [0, 0.05) is 23.7 Å². The van der Waals surface area contributed by atoms with E-state index in [0.29, 0.717) is 29.9 Å². The molecule has 0 spiro atoms. The van der Waals surface area contributed by atoms with Gasteiger partial charge < -0.3 is 14.6 Å². The Labute approximate surface area is 109 Å². The van der Waals surface area contributed by atoms with E-state index in [1.165, 1.54) is 0 Å². The molecule has 94 valence electrons. The number of benzene rings is 1. The Morgan fingerprint density at radius 1 is 1.28 bits per heavy atom. The van der Waals surface area contributed by atoms with E-state index in [2.05, 4.69) is 15.5 Å². The summed E-state index contributed by atoms with van der Waals surface area (Å²) in [6.45, 7) is 2.23. The maximum Gasteiger partial charge on any atom is 0.258 e. The van der Waals surface area contributed by atoms with Crippen LogP contribution in [0.2, 0.25) is 5.02 Å². The predicted octanol–water partition coefficient (Wildman–Crippen LogP) is 2.05. The van der Waals surface area contributed by atoms with Gasteiger partial charge in [0.1, 0.15) is 6.10 Å². The number of halogens is 1. The number of rotatable bonds is 2. The van der Waals surface area contributed by atoms with Crippen molar-refractivity contribution in [2.24, 2.45) is 0 Å². The number of morpholine rings is 1. The summed E-state index contributed by atoms with van der Waals surface area (Å²) in [6, 6.07) is 7.28. The third-order valence-electron chi connectivity index (χ3n) is 2.75. The summed E-state index contributed by atoms with van der Waals surface area (Å²) in [6.07, 6.45) is -0.136. The van der Waals surface area contributed by atoms with E-state index in [1.54, 1.807) is 12.1 Å². The molecule has 0 radical (unpaired) electrons. The minimum atomic E-state index is -0.136. The molecule has 0 bridgehead atoms. The minimum Gasteiger partial charge on any atom is -0.367 e. The van der Waals surface area contributed by atoms with Gasteiger partial charge in [0.25, 0.3) is 5.89 Å². The second-order valence-electron chi connectivity index (χ2n) is 4.03. The quantitative estimate of drug-likeness (QED) is 0.901. The maximum absolute atomic E-state index is 5.83. The van der Waals surface area contributed by atoms with Gasteiger partial charge in [0.05, 0.1) is 6.61 Å². The number of nitrogens with zero attached hydrogens (tertiary/aromatic N) is 2. The number of nitrogens with one attached hydrogen (secondary N) is 1. The molecular formula is C12H12ClN3O2. The van der Waals surface area contributed by atoms with Crippen LogP contribution in [-0.2, 0) is 4.74 Å². The summed E-state index contributed by atoms with van der Waals surface area (Å²) in [5, 5.41) is 7.86. The van der Waals surface area contributed by atoms with Crippen molar-refractivity contribution in [2.45, 2.75) is 6.10 Å². The van der Waals surface area contributed by atoms with Crippen LogP contribution in [0.15, 0.2) is 28.8 Å². The van der Waals surface area contributed by atoms with Crippen molar-refractivity contribution in [3.8, 4) is 11.5 Å². The Balaban J connectivity index is 1.82. The fraction of sp³-hybridized carbons (Fsp3) is 0.333. The molecule has 0 saturated carbocycles. The van der Waals surface area contributed by atoms with Gasteiger partial charge in [-0.3, -0.25) is 0 Å². The molecule has 1 aliphatic heterocycles. The Morgan fingerprint density at radius 2 is 2.11 bits per heavy atom. The summed E-state index contributed by atoms with van der Waals surface area (Å²) in [5.74, 6) is 1.06. The highest BCUT2D eigenvalue weighted by molar-refractivity contribution is 6.30. The highest BCUT2D eigenvalue weighted by Gasteiger charge is 2.21. The average molecular weight is 266 g/mol. The number of aromatic nitrogens is 2. The van der Waals surface area contributed by atoms with Gasteiger partial charge in [0.2, 0.25) is 5.82 Å². The molecule has 6 heteroatoms. The minimum absolute atomic E-state index is 0.136. The molecule has 18 heavy (non-hydrogen) atoms. The highest BCUT2D eigenvalue weighted by Crippen LogP contribution is 2.22. The normalized spacial score (nSPS) is 19.9. The number of hydrogen-bond donors (Lipinski definition) is 1. The van der Waals surface area contributed by atoms with Crippen LogP contribution in [-0.4, -0.2) is 29.8 Å². The van der Waals surface area contributed by atoms with Crippen molar-refractivity contribution in [1.82, 2.24) is 15.5 Å². The van der Waals surface area contributed by atoms with Crippen LogP contribution in [0.3, 0.4) is 0 Å². The molecule has 1 aromatic carbocycles. The van der Waals surface area contributed by atoms with Crippen molar-refractivity contribution in [1.29, 1.82) is 0 Å². The zero-order valence-corrected chi connectivity index (χ0v) is 10.4. The lowest BCUT2D eigenvalue weighted by Crippen LogP contribution is -2.33. The molecule has 2 heterocycles. The third-order valence-corrected chi connectivity index (χ3v) is 3.00. The molecule has 3 rings (SSSR count). The van der Waals surface area contributed by atoms with Crippen molar-refractivity contribution >= 4 is 11.6 Å². The average Bonchev–Trinajstić information content (AvgIpc) is 2.90. The molecule has 1 saturated heterocycles. The lowest BCUT2D eigenvalue weighted by molar-refractivity contribution is 0.0208. The first-order chi connectivity index (χ1) is 8.83. The van der Waals surface area contributed by atoms with Gasteiger partial charge in [-0.25, -0.2) is 0 Å². The summed E-state index contributed by atoms with van der Waals surface area (Å²) in [4.78, 5) is 4.35. The smallest absolute Gasteiger partial charge is 0.258 e. The van der Waals surface area contributed by atoms with E-state index in [9.17, 15) is 0 Å². The van der Waals surface area contributed by atoms with Crippen molar-refractivity contribution < 1.29 is 9.26 Å². The van der Waals surface area contributed by atoms with Gasteiger partial charge >= 0.3 is 0 Å². The molecule has 5 nitrogen and oxygen atoms in total. The van der Waals surface area contributed by atoms with Crippen LogP contribution >= 0.6 is 11.6 Å². The van der Waals surface area contributed by atoms with Crippen LogP contribution in [0.1, 0.15) is 11.9 Å². The van der Waals surface area contributed by atoms with Crippen LogP contribution in [0.25, 0.3) is 11.5 Å². The van der Waals surface area contributed by atoms with E-state index in [1.807, 2.05) is 12.1 Å². The van der Waals surface area contributed by atoms with E-state index in [4.69, 9.17) is 20.9 Å². The van der Waals surface area contributed by atoms with Crippen LogP contribution in [0.4, 0.5) is 0 Å². The Morgan fingerprint density at radius 3 is 2.83 bits per heavy atom. The number of hydrogen-bond acceptors (Lipinski definition) is 5. The molecule has 0 aliphatic carbocycles. The highest BCUT2D eigenvalue weighted by atomic mass is 35.5. The summed E-state index contributed by atoms with van der Waals surface area (Å²) in [7, 11) is 0. The first-order valence-electron chi connectivity index (χ1n) is 5.75. The van der Waals surface area contributed by atoms with E-state index in [0.717, 1.165) is 12.1 Å². The van der Waals surface area contributed by atoms with Gasteiger partial charge in [-0.05, 0) is 24.3 Å². The second-order valence-corrected chi connectivity index (χ2v) is 4.46. The predicted molar refractivity (Wildman–Crippen MR) is 66.3 cm³/mol. The van der Waals surface area contributed by atoms with Gasteiger partial charge in [-0.2, -0.15) is 4.98 Å². The Bertz CT molecular complexity index is 520. The van der Waals surface area contributed by atoms with Gasteiger partial charge in [-0.1, -0.05) is 16.8 Å². The zero-order chi connectivity index (χ0) is 12.4. The molecule has 1 unspecified atom stereocenters. The fourth-order valence-electron chi connectivity index (χ4n) is 1.81. The summed E-state index contributed by atoms with van der Waals surface area (Å²) in [5.41, 5.74) is 0.849. The molecule has 1 fully saturated rings. The molecule has 1 aromatic heterocycles. The van der Waals surface area contributed by atoms with Crippen LogP contribution in [0.5, 0.6) is 0 Å². The molecule has 0 amide bonds. The van der Waals surface area contributed by atoms with E-state index < -0.39 is 0 Å². The van der Waals surface area contributed by atoms with Crippen molar-refractivity contribution in [3.63, 3.8) is 0 Å². The maximum atomic E-state index is 5.83. The lowest BCUT2D eigenvalue weighted by atomic mass is 10.2. The standard InChI is InChI=1S/C12H12ClN3O2/c13-9-3-1-8(2-4-9)12-15-11(16-18-12)10-7-14-5-6-17-10/h1-4,10,14H,5-7H2. The fourth-order valence-corrected chi connectivity index (χ4v) is 1.93. The summed E-state index contributed by atoms with van der Waals surface area (Å²) >= 11 is 5.83. The SMILES string of the molecule is Clc1ccc(-c2nc(C3CNCCO3)no2)cc1. The zero-order valence-electron chi connectivity index (χ0n) is 9.60. The summed E-state index contributed by atoms with van der Waals surface area (Å²) < 4.78 is 10.8. The molecule has 1 aliphatic rings. The monoisotopic (exact) mass is 265 g/mol. The lowest BCUT2D eigenvalue weighted by Gasteiger charge is -2.20. The van der Waals surface area contributed by atoms with Crippen LogP contribution < -0.4 is 5.32 Å². The van der Waals surface area contributed by atoms with Gasteiger partial charge in [0.15, 0.2) is 0 Å². The second kappa shape index (κ2) is 5.06.